The molecular weight excluding hydrogens is 382 g/mol. The van der Waals surface area contributed by atoms with Crippen molar-refractivity contribution < 1.29 is 18.9 Å². The molecule has 7 nitrogen and oxygen atoms in total. The Morgan fingerprint density at radius 2 is 1.61 bits per heavy atom. The third kappa shape index (κ3) is 3.56. The first-order valence-electron chi connectivity index (χ1n) is 8.85. The minimum absolute atomic E-state index is 0.408. The van der Waals surface area contributed by atoms with Crippen LogP contribution in [0.2, 0.25) is 5.02 Å². The molecule has 2 aromatic carbocycles. The Balaban J connectivity index is 1.85. The highest BCUT2D eigenvalue weighted by molar-refractivity contribution is 6.31. The van der Waals surface area contributed by atoms with Gasteiger partial charge in [0.25, 0.3) is 0 Å². The summed E-state index contributed by atoms with van der Waals surface area (Å²) in [5.74, 6) is 1.22. The van der Waals surface area contributed by atoms with Crippen molar-refractivity contribution in [3.63, 3.8) is 0 Å². The maximum atomic E-state index is 6.15. The van der Waals surface area contributed by atoms with Crippen LogP contribution in [0.5, 0.6) is 11.5 Å². The number of hydrogen-bond donors (Lipinski definition) is 0. The van der Waals surface area contributed by atoms with E-state index in [2.05, 4.69) is 4.98 Å². The third-order valence-electron chi connectivity index (χ3n) is 4.36. The number of nitrogens with zero attached hydrogens (tertiary/aromatic N) is 3. The Morgan fingerprint density at radius 1 is 0.893 bits per heavy atom. The number of fused-ring (bicyclic) bond motifs is 5. The topological polar surface area (TPSA) is 67.1 Å². The Kier molecular flexibility index (Phi) is 5.47. The lowest BCUT2D eigenvalue weighted by Gasteiger charge is -2.14. The summed E-state index contributed by atoms with van der Waals surface area (Å²) in [5, 5.41) is 1.52. The minimum Gasteiger partial charge on any atom is -0.487 e. The first kappa shape index (κ1) is 18.7. The Bertz CT molecular complexity index is 1130. The number of halogens is 1. The lowest BCUT2D eigenvalue weighted by Crippen LogP contribution is -2.08. The second-order valence-electron chi connectivity index (χ2n) is 6.18. The lowest BCUT2D eigenvalue weighted by atomic mass is 10.2. The number of benzene rings is 2. The van der Waals surface area contributed by atoms with E-state index in [1.165, 1.54) is 0 Å². The number of methoxy groups -OCH3 is 2. The normalized spacial score (nSPS) is 11.5. The molecule has 0 aliphatic carbocycles. The van der Waals surface area contributed by atoms with Gasteiger partial charge in [0.2, 0.25) is 0 Å². The molecule has 0 saturated carbocycles. The molecule has 2 aromatic heterocycles. The van der Waals surface area contributed by atoms with Crippen molar-refractivity contribution in [3.8, 4) is 11.5 Å². The summed E-state index contributed by atoms with van der Waals surface area (Å²) in [4.78, 5) is 9.33. The van der Waals surface area contributed by atoms with Crippen molar-refractivity contribution in [2.24, 2.45) is 0 Å². The fourth-order valence-corrected chi connectivity index (χ4v) is 3.19. The summed E-state index contributed by atoms with van der Waals surface area (Å²) in [6.45, 7) is 1.78. The molecule has 4 aromatic rings. The van der Waals surface area contributed by atoms with Crippen LogP contribution in [0.15, 0.2) is 36.7 Å². The van der Waals surface area contributed by atoms with Crippen molar-refractivity contribution in [2.75, 3.05) is 40.6 Å². The van der Waals surface area contributed by atoms with Crippen molar-refractivity contribution in [1.29, 1.82) is 0 Å². The van der Waals surface area contributed by atoms with E-state index < -0.39 is 0 Å². The largest absolute Gasteiger partial charge is 0.487 e. The molecule has 0 amide bonds. The summed E-state index contributed by atoms with van der Waals surface area (Å²) in [7, 11) is 3.27. The highest BCUT2D eigenvalue weighted by atomic mass is 35.5. The molecule has 0 bridgehead atoms. The van der Waals surface area contributed by atoms with Crippen LogP contribution < -0.4 is 9.47 Å². The maximum Gasteiger partial charge on any atom is 0.163 e. The molecule has 0 saturated heterocycles. The number of hydrogen-bond acceptors (Lipinski definition) is 6. The molecule has 0 radical (unpaired) electrons. The van der Waals surface area contributed by atoms with Crippen LogP contribution in [-0.2, 0) is 9.47 Å². The quantitative estimate of drug-likeness (QED) is 0.419. The van der Waals surface area contributed by atoms with Gasteiger partial charge in [-0.2, -0.15) is 0 Å². The predicted molar refractivity (Wildman–Crippen MR) is 108 cm³/mol. The van der Waals surface area contributed by atoms with E-state index in [4.69, 9.17) is 35.5 Å². The van der Waals surface area contributed by atoms with Crippen LogP contribution >= 0.6 is 11.6 Å². The van der Waals surface area contributed by atoms with Gasteiger partial charge in [0, 0.05) is 30.7 Å². The minimum atomic E-state index is 0.408. The summed E-state index contributed by atoms with van der Waals surface area (Å²) in [5.41, 5.74) is 3.29. The second kappa shape index (κ2) is 8.18. The average molecular weight is 402 g/mol. The zero-order valence-corrected chi connectivity index (χ0v) is 16.4. The molecule has 0 spiro atoms. The van der Waals surface area contributed by atoms with E-state index in [1.807, 2.05) is 34.7 Å². The molecular formula is C20H20ClN3O4. The van der Waals surface area contributed by atoms with Gasteiger partial charge in [0.05, 0.1) is 29.8 Å². The molecule has 2 heterocycles. The molecule has 8 heteroatoms. The van der Waals surface area contributed by atoms with Crippen LogP contribution in [0.4, 0.5) is 0 Å². The van der Waals surface area contributed by atoms with E-state index in [-0.39, 0.29) is 0 Å². The van der Waals surface area contributed by atoms with Crippen molar-refractivity contribution >= 4 is 39.2 Å². The monoisotopic (exact) mass is 401 g/mol. The van der Waals surface area contributed by atoms with Crippen molar-refractivity contribution in [3.05, 3.63) is 41.7 Å². The predicted octanol–water partition coefficient (Wildman–Crippen LogP) is 3.74. The zero-order valence-electron chi connectivity index (χ0n) is 15.6. The smallest absolute Gasteiger partial charge is 0.163 e. The van der Waals surface area contributed by atoms with Gasteiger partial charge in [-0.05, 0) is 24.3 Å². The maximum absolute atomic E-state index is 6.15. The van der Waals surface area contributed by atoms with Gasteiger partial charge >= 0.3 is 0 Å². The zero-order chi connectivity index (χ0) is 19.5. The van der Waals surface area contributed by atoms with Crippen molar-refractivity contribution in [1.82, 2.24) is 14.4 Å². The SMILES string of the molecule is COCCOc1cc2ncn3c4cc(Cl)ccc4nc3c2cc1OCCOC. The van der Waals surface area contributed by atoms with Gasteiger partial charge < -0.3 is 18.9 Å². The second-order valence-corrected chi connectivity index (χ2v) is 6.62. The summed E-state index contributed by atoms with van der Waals surface area (Å²) in [6.07, 6.45) is 1.74. The third-order valence-corrected chi connectivity index (χ3v) is 4.59. The molecule has 0 aliphatic rings. The first-order chi connectivity index (χ1) is 13.7. The van der Waals surface area contributed by atoms with Gasteiger partial charge in [-0.25, -0.2) is 9.97 Å². The molecule has 0 unspecified atom stereocenters. The first-order valence-corrected chi connectivity index (χ1v) is 9.22. The molecule has 0 N–H and O–H groups in total. The molecule has 4 rings (SSSR count). The van der Waals surface area contributed by atoms with Crippen LogP contribution in [0, 0.1) is 0 Å². The van der Waals surface area contributed by atoms with Crippen LogP contribution in [0.25, 0.3) is 27.6 Å². The summed E-state index contributed by atoms with van der Waals surface area (Å²) < 4.78 is 23.8. The van der Waals surface area contributed by atoms with Crippen LogP contribution in [0.1, 0.15) is 0 Å². The Labute approximate surface area is 166 Å². The Hall–Kier alpha value is -2.61. The number of aromatic nitrogens is 3. The lowest BCUT2D eigenvalue weighted by molar-refractivity contribution is 0.132. The van der Waals surface area contributed by atoms with E-state index in [0.29, 0.717) is 42.9 Å². The number of ether oxygens (including phenoxy) is 4. The highest BCUT2D eigenvalue weighted by Crippen LogP contribution is 2.34. The van der Waals surface area contributed by atoms with Crippen LogP contribution in [-0.4, -0.2) is 55.0 Å². The van der Waals surface area contributed by atoms with E-state index in [0.717, 1.165) is 27.6 Å². The highest BCUT2D eigenvalue weighted by Gasteiger charge is 2.14. The number of imidazole rings is 1. The molecule has 0 fully saturated rings. The fourth-order valence-electron chi connectivity index (χ4n) is 3.02. The van der Waals surface area contributed by atoms with E-state index in [1.54, 1.807) is 20.5 Å². The summed E-state index contributed by atoms with van der Waals surface area (Å²) in [6, 6.07) is 9.37. The standard InChI is InChI=1S/C20H20ClN3O4/c1-25-5-7-27-18-10-14-16(11-19(18)28-8-6-26-2)22-12-24-17-9-13(21)3-4-15(17)23-20(14)24/h3-4,9-12H,5-8H2,1-2H3. The molecule has 28 heavy (non-hydrogen) atoms. The fraction of sp³-hybridized carbons (Fsp3) is 0.300. The Morgan fingerprint density at radius 3 is 2.32 bits per heavy atom. The molecule has 146 valence electrons. The van der Waals surface area contributed by atoms with Crippen molar-refractivity contribution in [2.45, 2.75) is 0 Å². The van der Waals surface area contributed by atoms with Crippen LogP contribution in [0.3, 0.4) is 0 Å². The molecule has 0 aliphatic heterocycles. The molecule has 0 atom stereocenters. The summed E-state index contributed by atoms with van der Waals surface area (Å²) >= 11 is 6.15. The van der Waals surface area contributed by atoms with Gasteiger partial charge in [-0.1, -0.05) is 11.6 Å². The van der Waals surface area contributed by atoms with E-state index in [9.17, 15) is 0 Å². The van der Waals surface area contributed by atoms with Gasteiger partial charge in [0.15, 0.2) is 11.5 Å². The average Bonchev–Trinajstić information content (AvgIpc) is 3.07. The van der Waals surface area contributed by atoms with E-state index >= 15 is 0 Å². The van der Waals surface area contributed by atoms with Gasteiger partial charge in [-0.3, -0.25) is 4.40 Å². The number of rotatable bonds is 8. The van der Waals surface area contributed by atoms with Gasteiger partial charge in [0.1, 0.15) is 25.2 Å². The van der Waals surface area contributed by atoms with Gasteiger partial charge in [-0.15, -0.1) is 0 Å².